The van der Waals surface area contributed by atoms with E-state index in [1.54, 1.807) is 0 Å². The summed E-state index contributed by atoms with van der Waals surface area (Å²) in [6.45, 7) is 2.49. The van der Waals surface area contributed by atoms with Gasteiger partial charge in [-0.05, 0) is 18.1 Å². The zero-order chi connectivity index (χ0) is 18.0. The molecule has 0 aromatic heterocycles. The first-order chi connectivity index (χ1) is 11.9. The normalized spacial score (nSPS) is 26.2. The van der Waals surface area contributed by atoms with Crippen LogP contribution in [0, 0.1) is 0 Å². The second kappa shape index (κ2) is 7.68. The van der Waals surface area contributed by atoms with Gasteiger partial charge in [0.2, 0.25) is 5.91 Å². The molecule has 0 radical (unpaired) electrons. The lowest BCUT2D eigenvalue weighted by molar-refractivity contribution is -0.117. The van der Waals surface area contributed by atoms with Gasteiger partial charge in [-0.1, -0.05) is 54.9 Å². The summed E-state index contributed by atoms with van der Waals surface area (Å²) in [6, 6.07) is 7.34. The predicted octanol–water partition coefficient (Wildman–Crippen LogP) is 3.13. The molecule has 2 atom stereocenters. The highest BCUT2D eigenvalue weighted by molar-refractivity contribution is 8.15. The molecule has 0 N–H and O–H groups in total. The van der Waals surface area contributed by atoms with E-state index in [9.17, 15) is 13.2 Å². The van der Waals surface area contributed by atoms with E-state index in [1.165, 1.54) is 11.8 Å². The molecule has 1 aromatic rings. The van der Waals surface area contributed by atoms with Crippen LogP contribution in [0.3, 0.4) is 0 Å². The van der Waals surface area contributed by atoms with Crippen LogP contribution < -0.4 is 0 Å². The number of thioether (sulfide) groups is 1. The lowest BCUT2D eigenvalue weighted by atomic mass is 10.1. The van der Waals surface area contributed by atoms with Gasteiger partial charge in [-0.3, -0.25) is 4.79 Å². The Balaban J connectivity index is 1.86. The van der Waals surface area contributed by atoms with Crippen molar-refractivity contribution in [3.63, 3.8) is 0 Å². The van der Waals surface area contributed by atoms with Crippen molar-refractivity contribution in [2.45, 2.75) is 44.0 Å². The summed E-state index contributed by atoms with van der Waals surface area (Å²) in [4.78, 5) is 18.3. The van der Waals surface area contributed by atoms with Gasteiger partial charge in [-0.15, -0.1) is 0 Å². The van der Waals surface area contributed by atoms with E-state index < -0.39 is 9.84 Å². The second-order valence-electron chi connectivity index (χ2n) is 6.41. The van der Waals surface area contributed by atoms with Crippen molar-refractivity contribution in [3.05, 3.63) is 34.9 Å². The van der Waals surface area contributed by atoms with Crippen LogP contribution in [0.15, 0.2) is 29.3 Å². The Bertz CT molecular complexity index is 795. The number of sulfone groups is 1. The fraction of sp³-hybridized carbons (Fsp3) is 0.529. The van der Waals surface area contributed by atoms with Gasteiger partial charge < -0.3 is 4.90 Å². The number of hydrogen-bond acceptors (Lipinski definition) is 4. The maximum absolute atomic E-state index is 12.1. The maximum atomic E-state index is 12.1. The number of nitrogens with zero attached hydrogens (tertiary/aromatic N) is 2. The van der Waals surface area contributed by atoms with Gasteiger partial charge in [-0.25, -0.2) is 8.42 Å². The Morgan fingerprint density at radius 2 is 2.12 bits per heavy atom. The molecule has 2 fully saturated rings. The SMILES string of the molecule is CCCCC(=O)N=C1S[C@H]2CS(=O)(=O)C[C@@H]2N1Cc1ccccc1Cl. The molecular weight excluding hydrogens is 380 g/mol. The monoisotopic (exact) mass is 400 g/mol. The molecule has 0 spiro atoms. The molecule has 1 amide bonds. The van der Waals surface area contributed by atoms with Gasteiger partial charge in [0.1, 0.15) is 0 Å². The van der Waals surface area contributed by atoms with Crippen LogP contribution in [0.1, 0.15) is 31.7 Å². The molecule has 3 rings (SSSR count). The molecular formula is C17H21ClN2O3S2. The second-order valence-corrected chi connectivity index (χ2v) is 10.2. The summed E-state index contributed by atoms with van der Waals surface area (Å²) < 4.78 is 24.0. The van der Waals surface area contributed by atoms with Gasteiger partial charge in [0.15, 0.2) is 15.0 Å². The summed E-state index contributed by atoms with van der Waals surface area (Å²) in [5.41, 5.74) is 0.906. The van der Waals surface area contributed by atoms with Crippen molar-refractivity contribution < 1.29 is 13.2 Å². The number of fused-ring (bicyclic) bond motifs is 1. The van der Waals surface area contributed by atoms with Crippen LogP contribution in [0.25, 0.3) is 0 Å². The van der Waals surface area contributed by atoms with Gasteiger partial charge in [0.25, 0.3) is 0 Å². The molecule has 5 nitrogen and oxygen atoms in total. The van der Waals surface area contributed by atoms with Crippen molar-refractivity contribution in [1.82, 2.24) is 4.90 Å². The molecule has 0 aliphatic carbocycles. The van der Waals surface area contributed by atoms with Crippen molar-refractivity contribution in [1.29, 1.82) is 0 Å². The van der Waals surface area contributed by atoms with Crippen LogP contribution in [0.4, 0.5) is 0 Å². The number of halogens is 1. The summed E-state index contributed by atoms with van der Waals surface area (Å²) in [7, 11) is -3.04. The quantitative estimate of drug-likeness (QED) is 0.759. The molecule has 2 aliphatic heterocycles. The van der Waals surface area contributed by atoms with Gasteiger partial charge >= 0.3 is 0 Å². The first-order valence-corrected chi connectivity index (χ1v) is 11.5. The lowest BCUT2D eigenvalue weighted by Gasteiger charge is -2.25. The predicted molar refractivity (Wildman–Crippen MR) is 103 cm³/mol. The minimum absolute atomic E-state index is 0.0646. The molecule has 1 aromatic carbocycles. The van der Waals surface area contributed by atoms with E-state index in [0.29, 0.717) is 23.2 Å². The van der Waals surface area contributed by atoms with Gasteiger partial charge in [-0.2, -0.15) is 4.99 Å². The van der Waals surface area contributed by atoms with Crippen LogP contribution in [0.2, 0.25) is 5.02 Å². The Labute approximate surface area is 157 Å². The number of carbonyl (C=O) groups excluding carboxylic acids is 1. The third kappa shape index (κ3) is 4.38. The summed E-state index contributed by atoms with van der Waals surface area (Å²) >= 11 is 7.68. The van der Waals surface area contributed by atoms with E-state index in [4.69, 9.17) is 11.6 Å². The molecule has 8 heteroatoms. The van der Waals surface area contributed by atoms with Crippen LogP contribution in [-0.4, -0.2) is 47.2 Å². The molecule has 0 bridgehead atoms. The first kappa shape index (κ1) is 18.7. The Morgan fingerprint density at radius 3 is 2.84 bits per heavy atom. The fourth-order valence-corrected chi connectivity index (χ4v) is 7.29. The summed E-state index contributed by atoms with van der Waals surface area (Å²) in [5.74, 6) is 0.109. The van der Waals surface area contributed by atoms with E-state index in [1.807, 2.05) is 36.1 Å². The third-order valence-electron chi connectivity index (χ3n) is 4.44. The number of unbranched alkanes of at least 4 members (excludes halogenated alkanes) is 1. The first-order valence-electron chi connectivity index (χ1n) is 8.38. The Morgan fingerprint density at radius 1 is 1.36 bits per heavy atom. The van der Waals surface area contributed by atoms with E-state index in [-0.39, 0.29) is 28.7 Å². The molecule has 2 saturated heterocycles. The van der Waals surface area contributed by atoms with Crippen molar-refractivity contribution in [3.8, 4) is 0 Å². The summed E-state index contributed by atoms with van der Waals surface area (Å²) in [6.07, 6.45) is 2.18. The number of amidine groups is 1. The number of carbonyl (C=O) groups is 1. The van der Waals surface area contributed by atoms with E-state index in [0.717, 1.165) is 18.4 Å². The maximum Gasteiger partial charge on any atom is 0.248 e. The standard InChI is InChI=1S/C17H21ClN2O3S2/c1-2-3-8-16(21)19-17-20(9-12-6-4-5-7-13(12)18)14-10-25(22,23)11-15(14)24-17/h4-7,14-15H,2-3,8-11H2,1H3/t14-,15-/m0/s1. The number of aliphatic imine (C=N–C) groups is 1. The number of hydrogen-bond donors (Lipinski definition) is 0. The lowest BCUT2D eigenvalue weighted by Crippen LogP contribution is -2.37. The summed E-state index contributed by atoms with van der Waals surface area (Å²) in [5, 5.41) is 1.20. The topological polar surface area (TPSA) is 66.8 Å². The Kier molecular flexibility index (Phi) is 5.75. The molecule has 0 unspecified atom stereocenters. The van der Waals surface area contributed by atoms with Crippen LogP contribution in [0.5, 0.6) is 0 Å². The zero-order valence-electron chi connectivity index (χ0n) is 14.0. The fourth-order valence-electron chi connectivity index (χ4n) is 3.12. The average molecular weight is 401 g/mol. The third-order valence-corrected chi connectivity index (χ3v) is 8.05. The largest absolute Gasteiger partial charge is 0.342 e. The number of benzene rings is 1. The van der Waals surface area contributed by atoms with Crippen LogP contribution in [-0.2, 0) is 21.2 Å². The highest BCUT2D eigenvalue weighted by Crippen LogP contribution is 2.39. The highest BCUT2D eigenvalue weighted by atomic mass is 35.5. The molecule has 2 aliphatic rings. The highest BCUT2D eigenvalue weighted by Gasteiger charge is 2.48. The van der Waals surface area contributed by atoms with Crippen molar-refractivity contribution >= 4 is 44.3 Å². The van der Waals surface area contributed by atoms with Gasteiger partial charge in [0, 0.05) is 23.2 Å². The molecule has 136 valence electrons. The molecule has 0 saturated carbocycles. The Hall–Kier alpha value is -1.05. The van der Waals surface area contributed by atoms with Gasteiger partial charge in [0.05, 0.1) is 17.5 Å². The van der Waals surface area contributed by atoms with Crippen molar-refractivity contribution in [2.24, 2.45) is 4.99 Å². The number of amides is 1. The average Bonchev–Trinajstić information content (AvgIpc) is 3.00. The molecule has 2 heterocycles. The van der Waals surface area contributed by atoms with Crippen LogP contribution >= 0.6 is 23.4 Å². The van der Waals surface area contributed by atoms with Crippen molar-refractivity contribution in [2.75, 3.05) is 11.5 Å². The van der Waals surface area contributed by atoms with E-state index in [2.05, 4.69) is 4.99 Å². The molecule has 25 heavy (non-hydrogen) atoms. The minimum atomic E-state index is -3.04. The number of rotatable bonds is 5. The zero-order valence-corrected chi connectivity index (χ0v) is 16.4. The smallest absolute Gasteiger partial charge is 0.248 e. The van der Waals surface area contributed by atoms with E-state index >= 15 is 0 Å². The minimum Gasteiger partial charge on any atom is -0.342 e.